The predicted molar refractivity (Wildman–Crippen MR) is 102 cm³/mol. The Labute approximate surface area is 170 Å². The van der Waals surface area contributed by atoms with E-state index in [0.29, 0.717) is 0 Å². The Morgan fingerprint density at radius 3 is 1.47 bits per heavy atom. The monoisotopic (exact) mass is 422 g/mol. The molecule has 2 atom stereocenters. The van der Waals surface area contributed by atoms with E-state index in [2.05, 4.69) is 0 Å². The first kappa shape index (κ1) is 22.5. The average Bonchev–Trinajstić information content (AvgIpc) is 2.65. The summed E-state index contributed by atoms with van der Waals surface area (Å²) in [5.41, 5.74) is 0.479. The highest BCUT2D eigenvalue weighted by Gasteiger charge is 2.30. The zero-order valence-corrected chi connectivity index (χ0v) is 15.7. The maximum Gasteiger partial charge on any atom is 0.307 e. The number of benzene rings is 2. The second kappa shape index (κ2) is 9.12. The highest BCUT2D eigenvalue weighted by Crippen LogP contribution is 2.39. The zero-order chi connectivity index (χ0) is 22.6. The van der Waals surface area contributed by atoms with Gasteiger partial charge >= 0.3 is 11.9 Å². The molecule has 0 saturated carbocycles. The van der Waals surface area contributed by atoms with Gasteiger partial charge in [0.05, 0.1) is 5.92 Å². The van der Waals surface area contributed by atoms with E-state index < -0.39 is 58.3 Å². The maximum absolute atomic E-state index is 11.9. The summed E-state index contributed by atoms with van der Waals surface area (Å²) < 4.78 is 0. The minimum Gasteiger partial charge on any atom is -0.504 e. The van der Waals surface area contributed by atoms with Crippen molar-refractivity contribution in [1.82, 2.24) is 0 Å². The summed E-state index contributed by atoms with van der Waals surface area (Å²) in [6.07, 6.45) is -0.625. The molecule has 162 valence electrons. The lowest BCUT2D eigenvalue weighted by Gasteiger charge is -2.24. The fourth-order valence-corrected chi connectivity index (χ4v) is 3.32. The minimum absolute atomic E-state index is 0.0400. The number of aliphatic carboxylic acids is 2. The van der Waals surface area contributed by atoms with Crippen molar-refractivity contribution in [2.24, 2.45) is 11.8 Å². The molecule has 2 aromatic carbocycles. The number of hydrogen-bond donors (Lipinski definition) is 8. The van der Waals surface area contributed by atoms with E-state index in [1.165, 1.54) is 0 Å². The van der Waals surface area contributed by atoms with Gasteiger partial charge in [-0.2, -0.15) is 0 Å². The molecule has 0 amide bonds. The smallest absolute Gasteiger partial charge is 0.307 e. The number of carbonyl (C=O) groups is 2. The standard InChI is InChI=1S/C20H22O10/c21-13-5-9(6-14(22)18(13)27)3-11(1-2-17(25)26)12(20(29)30)4-10-7-15(23)19(28)16(24)8-10/h5-8,11-12,21-24,27-28H,1-4H2,(H,25,26)(H,29,30)/t11-,12-/m1/s1. The van der Waals surface area contributed by atoms with Gasteiger partial charge in [-0.1, -0.05) is 0 Å². The first-order chi connectivity index (χ1) is 14.0. The van der Waals surface area contributed by atoms with Gasteiger partial charge in [0.1, 0.15) is 0 Å². The number of phenols is 6. The van der Waals surface area contributed by atoms with Crippen molar-refractivity contribution in [2.45, 2.75) is 25.7 Å². The van der Waals surface area contributed by atoms with Crippen LogP contribution in [0.25, 0.3) is 0 Å². The van der Waals surface area contributed by atoms with E-state index in [1.807, 2.05) is 0 Å². The van der Waals surface area contributed by atoms with Crippen LogP contribution in [0.15, 0.2) is 24.3 Å². The molecule has 0 spiro atoms. The summed E-state index contributed by atoms with van der Waals surface area (Å²) in [6, 6.07) is 4.47. The van der Waals surface area contributed by atoms with Crippen molar-refractivity contribution < 1.29 is 50.4 Å². The van der Waals surface area contributed by atoms with Crippen LogP contribution < -0.4 is 0 Å². The van der Waals surface area contributed by atoms with Crippen molar-refractivity contribution in [2.75, 3.05) is 0 Å². The number of aromatic hydroxyl groups is 6. The molecule has 0 fully saturated rings. The second-order valence-electron chi connectivity index (χ2n) is 7.01. The van der Waals surface area contributed by atoms with E-state index in [0.717, 1.165) is 24.3 Å². The molecule has 30 heavy (non-hydrogen) atoms. The van der Waals surface area contributed by atoms with E-state index in [1.54, 1.807) is 0 Å². The Kier molecular flexibility index (Phi) is 6.83. The van der Waals surface area contributed by atoms with Crippen LogP contribution in [0.2, 0.25) is 0 Å². The Balaban J connectivity index is 2.37. The Hall–Kier alpha value is -3.82. The fourth-order valence-electron chi connectivity index (χ4n) is 3.32. The van der Waals surface area contributed by atoms with Crippen LogP contribution >= 0.6 is 0 Å². The van der Waals surface area contributed by atoms with E-state index in [4.69, 9.17) is 5.11 Å². The van der Waals surface area contributed by atoms with Gasteiger partial charge < -0.3 is 40.9 Å². The molecule has 0 aromatic heterocycles. The third-order valence-electron chi connectivity index (χ3n) is 4.83. The topological polar surface area (TPSA) is 196 Å². The van der Waals surface area contributed by atoms with Gasteiger partial charge in [0, 0.05) is 6.42 Å². The quantitative estimate of drug-likeness (QED) is 0.276. The zero-order valence-electron chi connectivity index (χ0n) is 15.7. The van der Waals surface area contributed by atoms with Gasteiger partial charge in [-0.15, -0.1) is 0 Å². The lowest BCUT2D eigenvalue weighted by atomic mass is 9.80. The SMILES string of the molecule is O=C(O)CC[C@H](Cc1cc(O)c(O)c(O)c1)[C@@H](Cc1cc(O)c(O)c(O)c1)C(=O)O. The molecule has 0 unspecified atom stereocenters. The summed E-state index contributed by atoms with van der Waals surface area (Å²) in [4.78, 5) is 23.0. The summed E-state index contributed by atoms with van der Waals surface area (Å²) >= 11 is 0. The third-order valence-corrected chi connectivity index (χ3v) is 4.83. The van der Waals surface area contributed by atoms with Gasteiger partial charge in [-0.05, 0) is 60.6 Å². The maximum atomic E-state index is 11.9. The van der Waals surface area contributed by atoms with Crippen molar-refractivity contribution in [1.29, 1.82) is 0 Å². The molecule has 2 rings (SSSR count). The first-order valence-corrected chi connectivity index (χ1v) is 8.91. The predicted octanol–water partition coefficient (Wildman–Crippen LogP) is 1.89. The van der Waals surface area contributed by atoms with Gasteiger partial charge in [0.25, 0.3) is 0 Å². The van der Waals surface area contributed by atoms with E-state index in [9.17, 15) is 45.3 Å². The molecule has 0 aliphatic heterocycles. The van der Waals surface area contributed by atoms with Crippen LogP contribution in [-0.2, 0) is 22.4 Å². The summed E-state index contributed by atoms with van der Waals surface area (Å²) in [7, 11) is 0. The molecule has 2 aromatic rings. The molecule has 0 radical (unpaired) electrons. The molecule has 0 bridgehead atoms. The normalized spacial score (nSPS) is 12.9. The molecule has 0 aliphatic rings. The number of carboxylic acids is 2. The second-order valence-corrected chi connectivity index (χ2v) is 7.01. The average molecular weight is 422 g/mol. The van der Waals surface area contributed by atoms with Gasteiger partial charge in [0.15, 0.2) is 34.5 Å². The molecule has 0 saturated heterocycles. The highest BCUT2D eigenvalue weighted by atomic mass is 16.4. The summed E-state index contributed by atoms with van der Waals surface area (Å²) in [6.45, 7) is 0. The molecule has 0 heterocycles. The Bertz CT molecular complexity index is 907. The summed E-state index contributed by atoms with van der Waals surface area (Å²) in [5, 5.41) is 76.3. The molecule has 10 heteroatoms. The first-order valence-electron chi connectivity index (χ1n) is 8.91. The lowest BCUT2D eigenvalue weighted by molar-refractivity contribution is -0.145. The number of phenolic OH excluding ortho intramolecular Hbond substituents is 6. The van der Waals surface area contributed by atoms with E-state index >= 15 is 0 Å². The minimum atomic E-state index is -1.26. The molecule has 0 aliphatic carbocycles. The summed E-state index contributed by atoms with van der Waals surface area (Å²) in [5.74, 6) is -8.30. The largest absolute Gasteiger partial charge is 0.504 e. The van der Waals surface area contributed by atoms with Crippen molar-refractivity contribution in [3.63, 3.8) is 0 Å². The van der Waals surface area contributed by atoms with Gasteiger partial charge in [-0.25, -0.2) is 0 Å². The Morgan fingerprint density at radius 1 is 0.700 bits per heavy atom. The fraction of sp³-hybridized carbons (Fsp3) is 0.300. The van der Waals surface area contributed by atoms with Crippen LogP contribution in [0.1, 0.15) is 24.0 Å². The Morgan fingerprint density at radius 2 is 1.10 bits per heavy atom. The van der Waals surface area contributed by atoms with Crippen molar-refractivity contribution in [3.8, 4) is 34.5 Å². The lowest BCUT2D eigenvalue weighted by Crippen LogP contribution is -2.28. The molecular weight excluding hydrogens is 400 g/mol. The molecule has 10 nitrogen and oxygen atoms in total. The number of hydrogen-bond acceptors (Lipinski definition) is 8. The number of rotatable bonds is 9. The van der Waals surface area contributed by atoms with Crippen LogP contribution in [0.5, 0.6) is 34.5 Å². The van der Waals surface area contributed by atoms with Gasteiger partial charge in [0.2, 0.25) is 0 Å². The van der Waals surface area contributed by atoms with Gasteiger partial charge in [-0.3, -0.25) is 9.59 Å². The van der Waals surface area contributed by atoms with E-state index in [-0.39, 0.29) is 36.8 Å². The number of carboxylic acid groups (broad SMARTS) is 2. The van der Waals surface area contributed by atoms with Crippen molar-refractivity contribution in [3.05, 3.63) is 35.4 Å². The van der Waals surface area contributed by atoms with Crippen LogP contribution in [-0.4, -0.2) is 52.8 Å². The molecular formula is C20H22O10. The van der Waals surface area contributed by atoms with Crippen LogP contribution in [0.4, 0.5) is 0 Å². The third kappa shape index (κ3) is 5.37. The van der Waals surface area contributed by atoms with Crippen molar-refractivity contribution >= 4 is 11.9 Å². The van der Waals surface area contributed by atoms with Crippen LogP contribution in [0, 0.1) is 11.8 Å². The molecule has 8 N–H and O–H groups in total. The highest BCUT2D eigenvalue weighted by molar-refractivity contribution is 5.71. The van der Waals surface area contributed by atoms with Crippen LogP contribution in [0.3, 0.4) is 0 Å².